The average Bonchev–Trinajstić information content (AvgIpc) is 3.75. The van der Waals surface area contributed by atoms with Gasteiger partial charge in [0, 0.05) is 93.0 Å². The van der Waals surface area contributed by atoms with Crippen LogP contribution in [0.3, 0.4) is 0 Å². The zero-order valence-electron chi connectivity index (χ0n) is 29.5. The van der Waals surface area contributed by atoms with Crippen LogP contribution in [0.5, 0.6) is 11.8 Å². The van der Waals surface area contributed by atoms with E-state index in [4.69, 9.17) is 26.1 Å². The number of pyridine rings is 1. The van der Waals surface area contributed by atoms with E-state index in [1.54, 1.807) is 44.5 Å². The van der Waals surface area contributed by atoms with Crippen LogP contribution in [0.4, 0.5) is 4.39 Å². The van der Waals surface area contributed by atoms with Gasteiger partial charge in [-0.1, -0.05) is 41.9 Å². The number of rotatable bonds is 8. The third-order valence-electron chi connectivity index (χ3n) is 11.0. The summed E-state index contributed by atoms with van der Waals surface area (Å²) in [6, 6.07) is 13.0. The average molecular weight is 726 g/mol. The van der Waals surface area contributed by atoms with Crippen molar-refractivity contribution >= 4 is 23.4 Å². The number of carbonyl (C=O) groups excluding carboxylic acids is 2. The Morgan fingerprint density at radius 1 is 0.962 bits per heavy atom. The fraction of sp³-hybridized carbons (Fsp3) is 0.410. The number of nitrogens with one attached hydrogen (secondary N) is 1. The summed E-state index contributed by atoms with van der Waals surface area (Å²) in [4.78, 5) is 44.3. The van der Waals surface area contributed by atoms with Crippen molar-refractivity contribution in [3.63, 3.8) is 0 Å². The predicted molar refractivity (Wildman–Crippen MR) is 194 cm³/mol. The maximum atomic E-state index is 16.5. The second-order valence-corrected chi connectivity index (χ2v) is 14.6. The summed E-state index contributed by atoms with van der Waals surface area (Å²) in [6.07, 6.45) is 4.86. The molecule has 0 bridgehead atoms. The van der Waals surface area contributed by atoms with E-state index >= 15 is 4.39 Å². The number of likely N-dealkylation sites (tertiary alicyclic amines) is 1. The molecule has 2 aromatic heterocycles. The van der Waals surface area contributed by atoms with Crippen LogP contribution >= 0.6 is 11.6 Å². The van der Waals surface area contributed by atoms with Crippen molar-refractivity contribution < 1.29 is 23.5 Å². The lowest BCUT2D eigenvalue weighted by molar-refractivity contribution is -0.130. The molecule has 4 aliphatic rings. The van der Waals surface area contributed by atoms with Crippen molar-refractivity contribution in [2.24, 2.45) is 0 Å². The van der Waals surface area contributed by atoms with Gasteiger partial charge in [-0.15, -0.1) is 0 Å². The van der Waals surface area contributed by atoms with Gasteiger partial charge in [-0.25, -0.2) is 14.4 Å². The number of ether oxygens (including phenoxy) is 2. The number of methoxy groups -OCH3 is 2. The number of fused-ring (bicyclic) bond motifs is 1. The predicted octanol–water partition coefficient (Wildman–Crippen LogP) is 5.30. The summed E-state index contributed by atoms with van der Waals surface area (Å²) < 4.78 is 28.0. The second kappa shape index (κ2) is 13.7. The van der Waals surface area contributed by atoms with Crippen molar-refractivity contribution in [2.45, 2.75) is 50.7 Å². The topological polar surface area (TPSA) is 113 Å². The summed E-state index contributed by atoms with van der Waals surface area (Å²) >= 11 is 7.11. The molecule has 5 heterocycles. The van der Waals surface area contributed by atoms with E-state index in [2.05, 4.69) is 31.2 Å². The van der Waals surface area contributed by atoms with Gasteiger partial charge in [0.1, 0.15) is 11.5 Å². The number of benzene rings is 2. The molecule has 0 radical (unpaired) electrons. The van der Waals surface area contributed by atoms with Crippen molar-refractivity contribution in [1.29, 1.82) is 0 Å². The molecule has 3 saturated heterocycles. The van der Waals surface area contributed by atoms with Gasteiger partial charge >= 0.3 is 0 Å². The third-order valence-corrected chi connectivity index (χ3v) is 11.5. The lowest BCUT2D eigenvalue weighted by atomic mass is 9.86. The highest BCUT2D eigenvalue weighted by Crippen LogP contribution is 2.47. The Kier molecular flexibility index (Phi) is 9.09. The molecule has 52 heavy (non-hydrogen) atoms. The zero-order valence-corrected chi connectivity index (χ0v) is 30.3. The molecule has 1 spiro atoms. The van der Waals surface area contributed by atoms with Crippen molar-refractivity contribution in [1.82, 2.24) is 35.0 Å². The van der Waals surface area contributed by atoms with Crippen LogP contribution in [0.15, 0.2) is 48.7 Å². The second-order valence-electron chi connectivity index (χ2n) is 14.2. The van der Waals surface area contributed by atoms with E-state index < -0.39 is 5.82 Å². The normalized spacial score (nSPS) is 19.8. The Balaban J connectivity index is 1.05. The molecular weight excluding hydrogens is 685 g/mol. The van der Waals surface area contributed by atoms with Gasteiger partial charge < -0.3 is 19.7 Å². The van der Waals surface area contributed by atoms with Crippen LogP contribution in [0, 0.1) is 5.82 Å². The maximum Gasteiger partial charge on any atom is 0.237 e. The lowest BCUT2D eigenvalue weighted by Crippen LogP contribution is -2.67. The molecule has 3 aliphatic heterocycles. The largest absolute Gasteiger partial charge is 0.481 e. The SMILES string of the molecule is COc1nc(-c2cccc(-c3cccc(-c4cc5c(c(OC)n4)[C@@H](N4CC6(CCC(=O)N6)C4)CC5)c3Cl)c2F)cnc1CN1CCN(C(C)=O)CC1. The highest BCUT2D eigenvalue weighted by Gasteiger charge is 2.51. The highest BCUT2D eigenvalue weighted by atomic mass is 35.5. The van der Waals surface area contributed by atoms with E-state index in [0.29, 0.717) is 76.6 Å². The molecule has 0 unspecified atom stereocenters. The molecule has 1 aliphatic carbocycles. The highest BCUT2D eigenvalue weighted by molar-refractivity contribution is 6.36. The number of aromatic nitrogens is 3. The molecule has 8 rings (SSSR count). The number of carbonyl (C=O) groups is 2. The number of aryl methyl sites for hydroxylation is 1. The van der Waals surface area contributed by atoms with Gasteiger partial charge in [-0.05, 0) is 37.0 Å². The van der Waals surface area contributed by atoms with E-state index in [0.717, 1.165) is 56.6 Å². The number of nitrogens with zero attached hydrogens (tertiary/aromatic N) is 6. The maximum absolute atomic E-state index is 16.5. The summed E-state index contributed by atoms with van der Waals surface area (Å²) in [5.74, 6) is 0.632. The van der Waals surface area contributed by atoms with Gasteiger partial charge in [0.05, 0.1) is 42.4 Å². The van der Waals surface area contributed by atoms with Crippen LogP contribution in [-0.2, 0) is 22.6 Å². The molecule has 11 nitrogen and oxygen atoms in total. The monoisotopic (exact) mass is 725 g/mol. The molecule has 1 atom stereocenters. The number of hydrogen-bond donors (Lipinski definition) is 1. The first-order chi connectivity index (χ1) is 25.2. The number of hydrogen-bond acceptors (Lipinski definition) is 9. The fourth-order valence-corrected chi connectivity index (χ4v) is 8.63. The first kappa shape index (κ1) is 34.4. The first-order valence-corrected chi connectivity index (χ1v) is 18.1. The first-order valence-electron chi connectivity index (χ1n) is 17.8. The Bertz CT molecular complexity index is 2060. The summed E-state index contributed by atoms with van der Waals surface area (Å²) in [5.41, 5.74) is 5.63. The van der Waals surface area contributed by atoms with Gasteiger partial charge in [0.25, 0.3) is 0 Å². The van der Waals surface area contributed by atoms with Crippen molar-refractivity contribution in [3.05, 3.63) is 76.3 Å². The van der Waals surface area contributed by atoms with Gasteiger partial charge in [-0.3, -0.25) is 24.4 Å². The molecule has 3 fully saturated rings. The number of halogens is 2. The minimum atomic E-state index is -0.473. The van der Waals surface area contributed by atoms with E-state index in [1.165, 1.54) is 7.11 Å². The van der Waals surface area contributed by atoms with Crippen LogP contribution in [0.25, 0.3) is 33.6 Å². The van der Waals surface area contributed by atoms with Gasteiger partial charge in [0.15, 0.2) is 0 Å². The minimum absolute atomic E-state index is 0.0751. The smallest absolute Gasteiger partial charge is 0.237 e. The lowest BCUT2D eigenvalue weighted by Gasteiger charge is -2.50. The number of piperazine rings is 1. The summed E-state index contributed by atoms with van der Waals surface area (Å²) in [6.45, 7) is 6.50. The van der Waals surface area contributed by atoms with Crippen LogP contribution < -0.4 is 14.8 Å². The standard InChI is InChI=1S/C39H41ClFN7O4/c1-23(49)47-16-14-46(15-17-47)20-31-37(51-2)44-30(19-42-31)28-9-5-7-26(36(28)41)25-6-4-8-27(35(25)40)29-18-24-10-11-32(34(24)38(43-29)52-3)48-21-39(22-48)13-12-33(50)45-39/h4-9,18-19,32H,10-17,20-22H2,1-3H3,(H,45,50)/t32-/m0/s1. The van der Waals surface area contributed by atoms with Crippen LogP contribution in [0.1, 0.15) is 49.0 Å². The van der Waals surface area contributed by atoms with Crippen molar-refractivity contribution in [3.8, 4) is 45.4 Å². The summed E-state index contributed by atoms with van der Waals surface area (Å²) in [5, 5.41) is 3.56. The molecule has 13 heteroatoms. The molecular formula is C39H41ClFN7O4. The van der Waals surface area contributed by atoms with E-state index in [9.17, 15) is 9.59 Å². The zero-order chi connectivity index (χ0) is 36.1. The Morgan fingerprint density at radius 3 is 2.35 bits per heavy atom. The minimum Gasteiger partial charge on any atom is -0.481 e. The molecule has 4 aromatic rings. The Labute approximate surface area is 307 Å². The van der Waals surface area contributed by atoms with Crippen LogP contribution in [-0.4, -0.2) is 100 Å². The summed E-state index contributed by atoms with van der Waals surface area (Å²) in [7, 11) is 3.17. The Hall–Kier alpha value is -4.65. The number of amides is 2. The van der Waals surface area contributed by atoms with Crippen LogP contribution in [0.2, 0.25) is 5.02 Å². The molecule has 2 aromatic carbocycles. The molecule has 0 saturated carbocycles. The molecule has 1 N–H and O–H groups in total. The van der Waals surface area contributed by atoms with Gasteiger partial charge in [-0.2, -0.15) is 0 Å². The van der Waals surface area contributed by atoms with Crippen molar-refractivity contribution in [2.75, 3.05) is 53.5 Å². The van der Waals surface area contributed by atoms with E-state index in [-0.39, 0.29) is 29.0 Å². The van der Waals surface area contributed by atoms with Gasteiger partial charge in [0.2, 0.25) is 23.6 Å². The van der Waals surface area contributed by atoms with E-state index in [1.807, 2.05) is 17.0 Å². The molecule has 2 amide bonds. The quantitative estimate of drug-likeness (QED) is 0.259. The third kappa shape index (κ3) is 6.16. The molecule has 270 valence electrons. The fourth-order valence-electron chi connectivity index (χ4n) is 8.31. The Morgan fingerprint density at radius 2 is 1.65 bits per heavy atom.